The van der Waals surface area contributed by atoms with Gasteiger partial charge in [0.25, 0.3) is 0 Å². The van der Waals surface area contributed by atoms with Crippen LogP contribution in [0.1, 0.15) is 12.8 Å². The highest BCUT2D eigenvalue weighted by Crippen LogP contribution is 2.34. The molecule has 2 heterocycles. The Morgan fingerprint density at radius 2 is 2.30 bits per heavy atom. The van der Waals surface area contributed by atoms with Crippen molar-refractivity contribution >= 4 is 10.0 Å². The van der Waals surface area contributed by atoms with Crippen molar-refractivity contribution in [3.8, 4) is 0 Å². The molecule has 3 rings (SSSR count). The minimum Gasteiger partial charge on any atom is -0.379 e. The molecule has 0 amide bonds. The summed E-state index contributed by atoms with van der Waals surface area (Å²) in [5, 5.41) is 0. The third-order valence-electron chi connectivity index (χ3n) is 4.03. The third-order valence-corrected chi connectivity index (χ3v) is 5.94. The molecule has 20 heavy (non-hydrogen) atoms. The number of ether oxygens (including phenoxy) is 2. The van der Waals surface area contributed by atoms with Crippen LogP contribution in [0.5, 0.6) is 0 Å². The van der Waals surface area contributed by atoms with Crippen LogP contribution in [0, 0.1) is 0 Å². The zero-order valence-electron chi connectivity index (χ0n) is 11.3. The standard InChI is InChI=1S/C13H18N2O4S/c1-18-12-5-4-11-13(12)19-8-7-15(11)20(16,17)10-3-2-6-14-9-10/h2-3,6,9,11-13H,4-5,7-8H2,1H3/t11-,12-,13+/m1/s1. The van der Waals surface area contributed by atoms with E-state index in [-0.39, 0.29) is 23.1 Å². The van der Waals surface area contributed by atoms with Gasteiger partial charge in [-0.1, -0.05) is 0 Å². The van der Waals surface area contributed by atoms with E-state index in [1.165, 1.54) is 6.20 Å². The van der Waals surface area contributed by atoms with Gasteiger partial charge in [0.1, 0.15) is 11.0 Å². The molecule has 6 nitrogen and oxygen atoms in total. The normalized spacial score (nSPS) is 31.1. The molecule has 0 spiro atoms. The first-order valence-electron chi connectivity index (χ1n) is 6.71. The Balaban J connectivity index is 1.90. The maximum Gasteiger partial charge on any atom is 0.245 e. The highest BCUT2D eigenvalue weighted by molar-refractivity contribution is 7.89. The molecule has 0 unspecified atom stereocenters. The van der Waals surface area contributed by atoms with Crippen molar-refractivity contribution in [2.75, 3.05) is 20.3 Å². The molecule has 1 saturated heterocycles. The summed E-state index contributed by atoms with van der Waals surface area (Å²) in [6, 6.07) is 3.08. The van der Waals surface area contributed by atoms with Crippen LogP contribution in [0.15, 0.2) is 29.4 Å². The molecule has 110 valence electrons. The molecule has 0 bridgehead atoms. The fourth-order valence-electron chi connectivity index (χ4n) is 3.07. The minimum absolute atomic E-state index is 0.0214. The van der Waals surface area contributed by atoms with Gasteiger partial charge in [0.2, 0.25) is 10.0 Å². The lowest BCUT2D eigenvalue weighted by atomic mass is 10.2. The van der Waals surface area contributed by atoms with Crippen molar-refractivity contribution in [1.29, 1.82) is 0 Å². The number of rotatable bonds is 3. The lowest BCUT2D eigenvalue weighted by Gasteiger charge is -2.37. The average molecular weight is 298 g/mol. The lowest BCUT2D eigenvalue weighted by Crippen LogP contribution is -2.53. The van der Waals surface area contributed by atoms with Crippen molar-refractivity contribution in [1.82, 2.24) is 9.29 Å². The van der Waals surface area contributed by atoms with Crippen LogP contribution in [0.2, 0.25) is 0 Å². The number of sulfonamides is 1. The van der Waals surface area contributed by atoms with E-state index in [4.69, 9.17) is 9.47 Å². The maximum absolute atomic E-state index is 12.7. The highest BCUT2D eigenvalue weighted by atomic mass is 32.2. The molecule has 2 aliphatic rings. The maximum atomic E-state index is 12.7. The Kier molecular flexibility index (Phi) is 3.76. The molecule has 1 aromatic heterocycles. The van der Waals surface area contributed by atoms with Gasteiger partial charge in [-0.15, -0.1) is 0 Å². The molecule has 1 aliphatic carbocycles. The van der Waals surface area contributed by atoms with Crippen molar-refractivity contribution in [3.63, 3.8) is 0 Å². The predicted octanol–water partition coefficient (Wildman–Crippen LogP) is 0.648. The Morgan fingerprint density at radius 1 is 1.45 bits per heavy atom. The van der Waals surface area contributed by atoms with Crippen LogP contribution in [0.4, 0.5) is 0 Å². The summed E-state index contributed by atoms with van der Waals surface area (Å²) in [6.45, 7) is 0.787. The molecule has 0 aromatic carbocycles. The summed E-state index contributed by atoms with van der Waals surface area (Å²) in [6.07, 6.45) is 4.36. The quantitative estimate of drug-likeness (QED) is 0.819. The van der Waals surface area contributed by atoms with E-state index in [2.05, 4.69) is 4.98 Å². The number of pyridine rings is 1. The van der Waals surface area contributed by atoms with Gasteiger partial charge in [-0.2, -0.15) is 4.31 Å². The number of hydrogen-bond acceptors (Lipinski definition) is 5. The monoisotopic (exact) mass is 298 g/mol. The van der Waals surface area contributed by atoms with Gasteiger partial charge in [0, 0.05) is 26.0 Å². The Bertz CT molecular complexity index is 563. The van der Waals surface area contributed by atoms with E-state index in [1.54, 1.807) is 29.7 Å². The fourth-order valence-corrected chi connectivity index (χ4v) is 4.68. The smallest absolute Gasteiger partial charge is 0.245 e. The van der Waals surface area contributed by atoms with Crippen LogP contribution >= 0.6 is 0 Å². The van der Waals surface area contributed by atoms with Gasteiger partial charge in [0.15, 0.2) is 0 Å². The first kappa shape index (κ1) is 13.9. The molecule has 1 aromatic rings. The molecule has 1 aliphatic heterocycles. The summed E-state index contributed by atoms with van der Waals surface area (Å²) in [5.41, 5.74) is 0. The molecule has 2 fully saturated rings. The number of fused-ring (bicyclic) bond motifs is 1. The zero-order chi connectivity index (χ0) is 14.2. The second kappa shape index (κ2) is 5.40. The van der Waals surface area contributed by atoms with E-state index in [9.17, 15) is 8.42 Å². The van der Waals surface area contributed by atoms with E-state index in [0.29, 0.717) is 13.2 Å². The second-order valence-corrected chi connectivity index (χ2v) is 6.95. The molecular weight excluding hydrogens is 280 g/mol. The Labute approximate surface area is 118 Å². The van der Waals surface area contributed by atoms with Crippen LogP contribution in [0.3, 0.4) is 0 Å². The van der Waals surface area contributed by atoms with Crippen molar-refractivity contribution in [3.05, 3.63) is 24.5 Å². The van der Waals surface area contributed by atoms with Crippen LogP contribution in [-0.2, 0) is 19.5 Å². The second-order valence-electron chi connectivity index (χ2n) is 5.06. The lowest BCUT2D eigenvalue weighted by molar-refractivity contribution is -0.0848. The summed E-state index contributed by atoms with van der Waals surface area (Å²) in [4.78, 5) is 4.14. The van der Waals surface area contributed by atoms with Crippen LogP contribution in [-0.4, -0.2) is 56.2 Å². The van der Waals surface area contributed by atoms with E-state index in [1.807, 2.05) is 0 Å². The number of nitrogens with zero attached hydrogens (tertiary/aromatic N) is 2. The Hall–Kier alpha value is -1.02. The van der Waals surface area contributed by atoms with Gasteiger partial charge < -0.3 is 9.47 Å². The van der Waals surface area contributed by atoms with E-state index >= 15 is 0 Å². The zero-order valence-corrected chi connectivity index (χ0v) is 12.1. The van der Waals surface area contributed by atoms with Crippen LogP contribution in [0.25, 0.3) is 0 Å². The molecule has 0 N–H and O–H groups in total. The van der Waals surface area contributed by atoms with Crippen molar-refractivity contribution in [2.24, 2.45) is 0 Å². The molecule has 7 heteroatoms. The van der Waals surface area contributed by atoms with Gasteiger partial charge in [-0.3, -0.25) is 4.98 Å². The fraction of sp³-hybridized carbons (Fsp3) is 0.615. The van der Waals surface area contributed by atoms with Gasteiger partial charge in [-0.05, 0) is 25.0 Å². The van der Waals surface area contributed by atoms with E-state index < -0.39 is 10.0 Å². The van der Waals surface area contributed by atoms with Crippen LogP contribution < -0.4 is 0 Å². The SMILES string of the molecule is CO[C@@H]1CC[C@@H]2[C@@H]1OCCN2S(=O)(=O)c1cccnc1. The predicted molar refractivity (Wildman–Crippen MR) is 71.7 cm³/mol. The summed E-state index contributed by atoms with van der Waals surface area (Å²) in [7, 11) is -1.87. The van der Waals surface area contributed by atoms with Gasteiger partial charge in [0.05, 0.1) is 18.8 Å². The molecular formula is C13H18N2O4S. The van der Waals surface area contributed by atoms with Gasteiger partial charge in [-0.25, -0.2) is 8.42 Å². The number of morpholine rings is 1. The number of hydrogen-bond donors (Lipinski definition) is 0. The number of methoxy groups -OCH3 is 1. The third kappa shape index (κ3) is 2.24. The van der Waals surface area contributed by atoms with E-state index in [0.717, 1.165) is 12.8 Å². The van der Waals surface area contributed by atoms with Crippen molar-refractivity contribution in [2.45, 2.75) is 36.0 Å². The minimum atomic E-state index is -3.51. The summed E-state index contributed by atoms with van der Waals surface area (Å²) < 4.78 is 38.1. The highest BCUT2D eigenvalue weighted by Gasteiger charge is 2.47. The molecule has 3 atom stereocenters. The largest absolute Gasteiger partial charge is 0.379 e. The first-order valence-corrected chi connectivity index (χ1v) is 8.15. The molecule has 1 saturated carbocycles. The van der Waals surface area contributed by atoms with Crippen molar-refractivity contribution < 1.29 is 17.9 Å². The Morgan fingerprint density at radius 3 is 3.00 bits per heavy atom. The first-order chi connectivity index (χ1) is 9.64. The summed E-state index contributed by atoms with van der Waals surface area (Å²) >= 11 is 0. The molecule has 0 radical (unpaired) electrons. The number of aromatic nitrogens is 1. The summed E-state index contributed by atoms with van der Waals surface area (Å²) in [5.74, 6) is 0. The van der Waals surface area contributed by atoms with Gasteiger partial charge >= 0.3 is 0 Å². The average Bonchev–Trinajstić information content (AvgIpc) is 2.91. The topological polar surface area (TPSA) is 68.7 Å².